The van der Waals surface area contributed by atoms with E-state index in [1.165, 1.54) is 32.4 Å². The summed E-state index contributed by atoms with van der Waals surface area (Å²) in [6, 6.07) is 5.87. The van der Waals surface area contributed by atoms with Crippen LogP contribution >= 0.6 is 11.3 Å². The van der Waals surface area contributed by atoms with Gasteiger partial charge in [-0.25, -0.2) is 9.18 Å². The van der Waals surface area contributed by atoms with Crippen molar-refractivity contribution in [2.75, 3.05) is 24.9 Å². The third kappa shape index (κ3) is 4.94. The zero-order valence-corrected chi connectivity index (χ0v) is 17.2. The highest BCUT2D eigenvalue weighted by Gasteiger charge is 2.35. The number of methoxy groups -OCH3 is 2. The van der Waals surface area contributed by atoms with Gasteiger partial charge in [-0.2, -0.15) is 13.2 Å². The Morgan fingerprint density at radius 2 is 1.72 bits per heavy atom. The maximum Gasteiger partial charge on any atom is 0.419 e. The first-order valence-corrected chi connectivity index (χ1v) is 9.49. The SMILES string of the molecule is COc1ccc(C(=O)c2nnc(NC(=O)Nc3cccc(C(F)(F)F)c3F)s2)cc1OC. The predicted molar refractivity (Wildman–Crippen MR) is 107 cm³/mol. The summed E-state index contributed by atoms with van der Waals surface area (Å²) in [5, 5.41) is 11.3. The second kappa shape index (κ2) is 9.18. The maximum absolute atomic E-state index is 14.0. The number of ketones is 1. The van der Waals surface area contributed by atoms with Gasteiger partial charge in [-0.3, -0.25) is 10.1 Å². The molecule has 8 nitrogen and oxygen atoms in total. The van der Waals surface area contributed by atoms with E-state index < -0.39 is 35.1 Å². The van der Waals surface area contributed by atoms with Crippen molar-refractivity contribution in [3.63, 3.8) is 0 Å². The first kappa shape index (κ1) is 22.9. The summed E-state index contributed by atoms with van der Waals surface area (Å²) in [5.41, 5.74) is -1.97. The van der Waals surface area contributed by atoms with Crippen LogP contribution in [0.1, 0.15) is 20.9 Å². The smallest absolute Gasteiger partial charge is 0.419 e. The molecule has 3 rings (SSSR count). The summed E-state index contributed by atoms with van der Waals surface area (Å²) in [5.74, 6) is -1.40. The Balaban J connectivity index is 1.72. The molecule has 0 unspecified atom stereocenters. The quantitative estimate of drug-likeness (QED) is 0.404. The van der Waals surface area contributed by atoms with Gasteiger partial charge in [0.25, 0.3) is 0 Å². The number of ether oxygens (including phenoxy) is 2. The van der Waals surface area contributed by atoms with E-state index in [4.69, 9.17) is 9.47 Å². The summed E-state index contributed by atoms with van der Waals surface area (Å²) in [4.78, 5) is 24.7. The first-order chi connectivity index (χ1) is 15.1. The number of carbonyl (C=O) groups excluding carboxylic acids is 2. The second-order valence-electron chi connectivity index (χ2n) is 6.06. The van der Waals surface area contributed by atoms with Gasteiger partial charge in [0, 0.05) is 5.56 Å². The molecule has 0 bridgehead atoms. The van der Waals surface area contributed by atoms with Crippen LogP contribution in [0, 0.1) is 5.82 Å². The normalized spacial score (nSPS) is 11.1. The summed E-state index contributed by atoms with van der Waals surface area (Å²) < 4.78 is 62.6. The topological polar surface area (TPSA) is 102 Å². The molecule has 0 aliphatic rings. The van der Waals surface area contributed by atoms with Crippen molar-refractivity contribution in [2.24, 2.45) is 0 Å². The number of rotatable bonds is 6. The van der Waals surface area contributed by atoms with Gasteiger partial charge in [-0.1, -0.05) is 17.4 Å². The van der Waals surface area contributed by atoms with Crippen LogP contribution in [0.4, 0.5) is 33.2 Å². The Bertz CT molecular complexity index is 1170. The molecular formula is C19H14F4N4O4S. The van der Waals surface area contributed by atoms with Gasteiger partial charge in [-0.15, -0.1) is 10.2 Å². The summed E-state index contributed by atoms with van der Waals surface area (Å²) in [7, 11) is 2.85. The van der Waals surface area contributed by atoms with Gasteiger partial charge >= 0.3 is 12.2 Å². The van der Waals surface area contributed by atoms with E-state index in [0.717, 1.165) is 23.5 Å². The summed E-state index contributed by atoms with van der Waals surface area (Å²) in [6.45, 7) is 0. The monoisotopic (exact) mass is 470 g/mol. The van der Waals surface area contributed by atoms with E-state index in [2.05, 4.69) is 15.5 Å². The van der Waals surface area contributed by atoms with Crippen LogP contribution in [0.2, 0.25) is 0 Å². The highest BCUT2D eigenvalue weighted by atomic mass is 32.1. The van der Waals surface area contributed by atoms with Crippen molar-refractivity contribution in [2.45, 2.75) is 6.18 Å². The Kier molecular flexibility index (Phi) is 6.58. The number of halogens is 4. The molecule has 1 aromatic heterocycles. The molecule has 2 N–H and O–H groups in total. The van der Waals surface area contributed by atoms with Gasteiger partial charge in [0.1, 0.15) is 0 Å². The van der Waals surface area contributed by atoms with Crippen LogP contribution in [-0.4, -0.2) is 36.2 Å². The maximum atomic E-state index is 14.0. The summed E-state index contributed by atoms with van der Waals surface area (Å²) >= 11 is 0.720. The largest absolute Gasteiger partial charge is 0.493 e. The third-order valence-electron chi connectivity index (χ3n) is 4.04. The van der Waals surface area contributed by atoms with Crippen molar-refractivity contribution in [3.05, 3.63) is 58.3 Å². The molecule has 0 saturated carbocycles. The number of carbonyl (C=O) groups is 2. The zero-order chi connectivity index (χ0) is 23.5. The van der Waals surface area contributed by atoms with E-state index in [0.29, 0.717) is 17.6 Å². The molecule has 0 atom stereocenters. The van der Waals surface area contributed by atoms with Crippen LogP contribution in [0.25, 0.3) is 0 Å². The molecule has 13 heteroatoms. The minimum absolute atomic E-state index is 0.0715. The fourth-order valence-electron chi connectivity index (χ4n) is 2.56. The number of benzene rings is 2. The van der Waals surface area contributed by atoms with Crippen molar-refractivity contribution in [1.82, 2.24) is 10.2 Å². The number of nitrogens with zero attached hydrogens (tertiary/aromatic N) is 2. The van der Waals surface area contributed by atoms with Crippen LogP contribution in [-0.2, 0) is 6.18 Å². The molecule has 1 heterocycles. The molecule has 0 radical (unpaired) electrons. The fraction of sp³-hybridized carbons (Fsp3) is 0.158. The van der Waals surface area contributed by atoms with Crippen LogP contribution in [0.3, 0.4) is 0 Å². The third-order valence-corrected chi connectivity index (χ3v) is 4.88. The van der Waals surface area contributed by atoms with Crippen molar-refractivity contribution in [3.8, 4) is 11.5 Å². The number of hydrogen-bond acceptors (Lipinski definition) is 7. The number of hydrogen-bond donors (Lipinski definition) is 2. The molecule has 168 valence electrons. The Hall–Kier alpha value is -3.74. The minimum Gasteiger partial charge on any atom is -0.493 e. The zero-order valence-electron chi connectivity index (χ0n) is 16.4. The average molecular weight is 470 g/mol. The van der Waals surface area contributed by atoms with E-state index in [1.54, 1.807) is 0 Å². The van der Waals surface area contributed by atoms with E-state index in [1.807, 2.05) is 5.32 Å². The molecule has 0 aliphatic carbocycles. The number of aromatic nitrogens is 2. The summed E-state index contributed by atoms with van der Waals surface area (Å²) in [6.07, 6.45) is -4.92. The Morgan fingerprint density at radius 3 is 2.38 bits per heavy atom. The number of nitrogens with one attached hydrogen (secondary N) is 2. The predicted octanol–water partition coefficient (Wildman–Crippen LogP) is 4.59. The van der Waals surface area contributed by atoms with Gasteiger partial charge in [0.05, 0.1) is 25.5 Å². The minimum atomic E-state index is -4.92. The lowest BCUT2D eigenvalue weighted by Gasteiger charge is -2.11. The molecule has 0 saturated heterocycles. The molecular weight excluding hydrogens is 456 g/mol. The number of amides is 2. The second-order valence-corrected chi connectivity index (χ2v) is 7.03. The van der Waals surface area contributed by atoms with Crippen LogP contribution in [0.5, 0.6) is 11.5 Å². The van der Waals surface area contributed by atoms with Gasteiger partial charge in [0.2, 0.25) is 10.9 Å². The highest BCUT2D eigenvalue weighted by molar-refractivity contribution is 7.17. The molecule has 0 spiro atoms. The number of alkyl halides is 3. The lowest BCUT2D eigenvalue weighted by Crippen LogP contribution is -2.21. The van der Waals surface area contributed by atoms with Crippen molar-refractivity contribution < 1.29 is 36.6 Å². The molecule has 2 amide bonds. The van der Waals surface area contributed by atoms with Crippen molar-refractivity contribution in [1.29, 1.82) is 0 Å². The molecule has 2 aromatic carbocycles. The van der Waals surface area contributed by atoms with Crippen molar-refractivity contribution >= 4 is 34.0 Å². The Morgan fingerprint density at radius 1 is 1.00 bits per heavy atom. The van der Waals surface area contributed by atoms with Gasteiger partial charge < -0.3 is 14.8 Å². The standard InChI is InChI=1S/C19H14F4N4O4S/c1-30-12-7-6-9(8-13(12)31-2)15(28)16-26-27-18(32-16)25-17(29)24-11-5-3-4-10(14(11)20)19(21,22)23/h3-8H,1-2H3,(H2,24,25,27,29). The van der Waals surface area contributed by atoms with E-state index in [9.17, 15) is 27.2 Å². The van der Waals surface area contributed by atoms with E-state index >= 15 is 0 Å². The highest BCUT2D eigenvalue weighted by Crippen LogP contribution is 2.34. The van der Waals surface area contributed by atoms with Gasteiger partial charge in [0.15, 0.2) is 22.3 Å². The Labute approximate surface area is 182 Å². The van der Waals surface area contributed by atoms with Crippen LogP contribution in [0.15, 0.2) is 36.4 Å². The molecule has 32 heavy (non-hydrogen) atoms. The lowest BCUT2D eigenvalue weighted by molar-refractivity contribution is -0.139. The number of anilines is 2. The lowest BCUT2D eigenvalue weighted by atomic mass is 10.1. The number of urea groups is 1. The van der Waals surface area contributed by atoms with E-state index in [-0.39, 0.29) is 15.7 Å². The fourth-order valence-corrected chi connectivity index (χ4v) is 3.27. The molecule has 0 fully saturated rings. The van der Waals surface area contributed by atoms with Gasteiger partial charge in [-0.05, 0) is 30.3 Å². The van der Waals surface area contributed by atoms with Crippen LogP contribution < -0.4 is 20.1 Å². The molecule has 0 aliphatic heterocycles. The molecule has 3 aromatic rings. The first-order valence-electron chi connectivity index (χ1n) is 8.68. The average Bonchev–Trinajstić information content (AvgIpc) is 3.21.